The second-order valence-corrected chi connectivity index (χ2v) is 4.35. The molecular weight excluding hydrogens is 240 g/mol. The minimum atomic E-state index is -1.44. The minimum Gasteiger partial charge on any atom is -0.479 e. The third-order valence-electron chi connectivity index (χ3n) is 3.06. The van der Waals surface area contributed by atoms with E-state index >= 15 is 0 Å². The molecule has 1 rings (SSSR count). The molecule has 0 saturated heterocycles. The molecule has 18 heavy (non-hydrogen) atoms. The molecule has 7 heteroatoms. The Kier molecular flexibility index (Phi) is 5.87. The molecule has 1 aliphatic carbocycles. The molecule has 1 fully saturated rings. The number of carbonyl (C=O) groups excluding carboxylic acids is 1. The van der Waals surface area contributed by atoms with Crippen molar-refractivity contribution in [1.29, 1.82) is 0 Å². The molecule has 4 N–H and O–H groups in total. The molecule has 2 amide bonds. The largest absolute Gasteiger partial charge is 0.479 e. The van der Waals surface area contributed by atoms with Gasteiger partial charge < -0.3 is 25.6 Å². The van der Waals surface area contributed by atoms with Gasteiger partial charge in [0.1, 0.15) is 0 Å². The zero-order chi connectivity index (χ0) is 13.5. The lowest BCUT2D eigenvalue weighted by molar-refractivity contribution is -0.146. The third-order valence-corrected chi connectivity index (χ3v) is 3.06. The van der Waals surface area contributed by atoms with Crippen LogP contribution in [0.5, 0.6) is 0 Å². The highest BCUT2D eigenvalue weighted by molar-refractivity contribution is 5.74. The number of carbonyl (C=O) groups is 2. The summed E-state index contributed by atoms with van der Waals surface area (Å²) in [7, 11) is 1.62. The Bertz CT molecular complexity index is 297. The van der Waals surface area contributed by atoms with E-state index < -0.39 is 12.1 Å². The summed E-state index contributed by atoms with van der Waals surface area (Å²) in [6.07, 6.45) is 1.41. The molecular formula is C11H20N2O5. The van der Waals surface area contributed by atoms with Gasteiger partial charge in [-0.1, -0.05) is 0 Å². The van der Waals surface area contributed by atoms with Crippen molar-refractivity contribution in [2.24, 2.45) is 0 Å². The Hall–Kier alpha value is -1.34. The van der Waals surface area contributed by atoms with Gasteiger partial charge in [0, 0.05) is 20.1 Å². The number of aliphatic carboxylic acids is 1. The molecule has 0 aromatic carbocycles. The van der Waals surface area contributed by atoms with Crippen LogP contribution in [-0.2, 0) is 9.53 Å². The Morgan fingerprint density at radius 2 is 2.17 bits per heavy atom. The van der Waals surface area contributed by atoms with E-state index in [0.29, 0.717) is 0 Å². The molecule has 7 nitrogen and oxygen atoms in total. The fraction of sp³-hybridized carbons (Fsp3) is 0.818. The Balaban J connectivity index is 2.19. The molecule has 0 aromatic heterocycles. The van der Waals surface area contributed by atoms with Crippen molar-refractivity contribution < 1.29 is 24.5 Å². The van der Waals surface area contributed by atoms with Gasteiger partial charge in [-0.05, 0) is 19.3 Å². The fourth-order valence-corrected chi connectivity index (χ4v) is 2.04. The number of amides is 2. The van der Waals surface area contributed by atoms with Gasteiger partial charge in [-0.2, -0.15) is 0 Å². The number of hydrogen-bond donors (Lipinski definition) is 4. The SMILES string of the molecule is COC1CCCC1NC(=O)NCC[C@H](O)C(=O)O. The van der Waals surface area contributed by atoms with Gasteiger partial charge in [0.05, 0.1) is 12.1 Å². The van der Waals surface area contributed by atoms with Crippen molar-refractivity contribution in [3.05, 3.63) is 0 Å². The van der Waals surface area contributed by atoms with Gasteiger partial charge in [0.15, 0.2) is 6.10 Å². The fourth-order valence-electron chi connectivity index (χ4n) is 2.04. The van der Waals surface area contributed by atoms with Crippen LogP contribution in [0.1, 0.15) is 25.7 Å². The van der Waals surface area contributed by atoms with E-state index in [4.69, 9.17) is 14.9 Å². The summed E-state index contributed by atoms with van der Waals surface area (Å²) in [5.41, 5.74) is 0. The number of ether oxygens (including phenoxy) is 1. The number of methoxy groups -OCH3 is 1. The number of rotatable bonds is 6. The van der Waals surface area contributed by atoms with Crippen LogP contribution in [0, 0.1) is 0 Å². The first-order valence-electron chi connectivity index (χ1n) is 6.02. The normalized spacial score (nSPS) is 24.6. The molecule has 0 bridgehead atoms. The smallest absolute Gasteiger partial charge is 0.332 e. The number of aliphatic hydroxyl groups is 1. The molecule has 0 spiro atoms. The molecule has 0 aromatic rings. The first kappa shape index (κ1) is 14.7. The van der Waals surface area contributed by atoms with Gasteiger partial charge in [-0.15, -0.1) is 0 Å². The van der Waals surface area contributed by atoms with E-state index in [0.717, 1.165) is 19.3 Å². The number of hydrogen-bond acceptors (Lipinski definition) is 4. The maximum atomic E-state index is 11.5. The zero-order valence-corrected chi connectivity index (χ0v) is 10.4. The zero-order valence-electron chi connectivity index (χ0n) is 10.4. The molecule has 104 valence electrons. The monoisotopic (exact) mass is 260 g/mol. The maximum Gasteiger partial charge on any atom is 0.332 e. The summed E-state index contributed by atoms with van der Waals surface area (Å²) in [5.74, 6) is -1.28. The first-order valence-corrected chi connectivity index (χ1v) is 6.02. The minimum absolute atomic E-state index is 0.000558. The molecule has 0 radical (unpaired) electrons. The van der Waals surface area contributed by atoms with E-state index in [1.807, 2.05) is 0 Å². The van der Waals surface area contributed by atoms with E-state index in [2.05, 4.69) is 10.6 Å². The van der Waals surface area contributed by atoms with Crippen molar-refractivity contribution in [2.75, 3.05) is 13.7 Å². The topological polar surface area (TPSA) is 108 Å². The Morgan fingerprint density at radius 1 is 1.44 bits per heavy atom. The Labute approximate surface area is 106 Å². The average Bonchev–Trinajstić information content (AvgIpc) is 2.75. The summed E-state index contributed by atoms with van der Waals surface area (Å²) in [4.78, 5) is 21.8. The number of urea groups is 1. The lowest BCUT2D eigenvalue weighted by Crippen LogP contribution is -2.46. The van der Waals surface area contributed by atoms with Crippen molar-refractivity contribution in [1.82, 2.24) is 10.6 Å². The van der Waals surface area contributed by atoms with Gasteiger partial charge >= 0.3 is 12.0 Å². The highest BCUT2D eigenvalue weighted by atomic mass is 16.5. The van der Waals surface area contributed by atoms with Crippen LogP contribution in [0.25, 0.3) is 0 Å². The molecule has 2 unspecified atom stereocenters. The average molecular weight is 260 g/mol. The van der Waals surface area contributed by atoms with Crippen LogP contribution in [-0.4, -0.2) is 54.1 Å². The first-order chi connectivity index (χ1) is 8.54. The molecule has 0 aliphatic heterocycles. The summed E-state index contributed by atoms with van der Waals surface area (Å²) < 4.78 is 5.24. The standard InChI is InChI=1S/C11H20N2O5/c1-18-9-4-2-3-7(9)13-11(17)12-6-5-8(14)10(15)16/h7-9,14H,2-6H2,1H3,(H,15,16)(H2,12,13,17)/t7?,8-,9?/m0/s1. The summed E-state index contributed by atoms with van der Waals surface area (Å²) in [6.45, 7) is 0.115. The quantitative estimate of drug-likeness (QED) is 0.524. The van der Waals surface area contributed by atoms with Crippen LogP contribution in [0.2, 0.25) is 0 Å². The lowest BCUT2D eigenvalue weighted by atomic mass is 10.2. The predicted molar refractivity (Wildman–Crippen MR) is 63.2 cm³/mol. The van der Waals surface area contributed by atoms with Crippen LogP contribution in [0.3, 0.4) is 0 Å². The van der Waals surface area contributed by atoms with Gasteiger partial charge in [-0.25, -0.2) is 9.59 Å². The highest BCUT2D eigenvalue weighted by Gasteiger charge is 2.28. The molecule has 1 saturated carbocycles. The van der Waals surface area contributed by atoms with Crippen molar-refractivity contribution in [3.63, 3.8) is 0 Å². The highest BCUT2D eigenvalue weighted by Crippen LogP contribution is 2.21. The van der Waals surface area contributed by atoms with Crippen molar-refractivity contribution in [2.45, 2.75) is 43.9 Å². The molecule has 3 atom stereocenters. The van der Waals surface area contributed by atoms with Crippen LogP contribution in [0.15, 0.2) is 0 Å². The summed E-state index contributed by atoms with van der Waals surface area (Å²) >= 11 is 0. The number of carboxylic acid groups (broad SMARTS) is 1. The van der Waals surface area contributed by atoms with Crippen LogP contribution in [0.4, 0.5) is 4.79 Å². The van der Waals surface area contributed by atoms with Gasteiger partial charge in [0.25, 0.3) is 0 Å². The summed E-state index contributed by atoms with van der Waals surface area (Å²) in [5, 5.41) is 22.8. The Morgan fingerprint density at radius 3 is 2.78 bits per heavy atom. The van der Waals surface area contributed by atoms with E-state index in [1.165, 1.54) is 0 Å². The number of aliphatic hydroxyl groups excluding tert-OH is 1. The van der Waals surface area contributed by atoms with Crippen LogP contribution >= 0.6 is 0 Å². The predicted octanol–water partition coefficient (Wildman–Crippen LogP) is -0.311. The number of carboxylic acids is 1. The van der Waals surface area contributed by atoms with E-state index in [9.17, 15) is 9.59 Å². The second-order valence-electron chi connectivity index (χ2n) is 4.35. The maximum absolute atomic E-state index is 11.5. The van der Waals surface area contributed by atoms with E-state index in [-0.39, 0.29) is 31.1 Å². The van der Waals surface area contributed by atoms with Gasteiger partial charge in [0.2, 0.25) is 0 Å². The van der Waals surface area contributed by atoms with Crippen molar-refractivity contribution >= 4 is 12.0 Å². The summed E-state index contributed by atoms with van der Waals surface area (Å²) in [6, 6.07) is -0.360. The molecule has 1 aliphatic rings. The van der Waals surface area contributed by atoms with Crippen molar-refractivity contribution in [3.8, 4) is 0 Å². The van der Waals surface area contributed by atoms with Gasteiger partial charge in [-0.3, -0.25) is 0 Å². The third kappa shape index (κ3) is 4.50. The van der Waals surface area contributed by atoms with E-state index in [1.54, 1.807) is 7.11 Å². The molecule has 0 heterocycles. The van der Waals surface area contributed by atoms with Crippen LogP contribution < -0.4 is 10.6 Å². The number of nitrogens with one attached hydrogen (secondary N) is 2. The lowest BCUT2D eigenvalue weighted by Gasteiger charge is -2.19. The second kappa shape index (κ2) is 7.17.